The van der Waals surface area contributed by atoms with E-state index in [-0.39, 0.29) is 77.6 Å². The number of thioether (sulfide) groups is 1. The predicted molar refractivity (Wildman–Crippen MR) is 297 cm³/mol. The van der Waals surface area contributed by atoms with Crippen LogP contribution in [0.4, 0.5) is 10.5 Å². The van der Waals surface area contributed by atoms with Crippen molar-refractivity contribution in [2.45, 2.75) is 145 Å². The quantitative estimate of drug-likeness (QED) is 0.00972. The van der Waals surface area contributed by atoms with Gasteiger partial charge in [-0.15, -0.1) is 11.8 Å². The molecule has 34 nitrogen and oxygen atoms in total. The van der Waals surface area contributed by atoms with Crippen molar-refractivity contribution in [1.29, 1.82) is 5.41 Å². The number of hydrogen-bond acceptors (Lipinski definition) is 19. The van der Waals surface area contributed by atoms with Crippen molar-refractivity contribution in [2.24, 2.45) is 23.1 Å². The largest absolute Gasteiger partial charge is 0.481 e. The van der Waals surface area contributed by atoms with Gasteiger partial charge in [-0.3, -0.25) is 72.6 Å². The Labute approximate surface area is 490 Å². The molecular formula is C50H74N14O20S. The van der Waals surface area contributed by atoms with E-state index in [9.17, 15) is 87.2 Å². The number of carboxylic acid groups (broad SMARTS) is 4. The number of carboxylic acids is 4. The second kappa shape index (κ2) is 37.1. The number of guanidine groups is 1. The second-order valence-electron chi connectivity index (χ2n) is 19.6. The normalized spacial score (nSPS) is 15.2. The summed E-state index contributed by atoms with van der Waals surface area (Å²) >= 11 is 0.675. The highest BCUT2D eigenvalue weighted by atomic mass is 32.2. The molecule has 35 heteroatoms. The van der Waals surface area contributed by atoms with Crippen LogP contribution in [0.1, 0.15) is 96.5 Å². The molecular weight excluding hydrogens is 1150 g/mol. The van der Waals surface area contributed by atoms with Gasteiger partial charge in [-0.2, -0.15) is 0 Å². The van der Waals surface area contributed by atoms with Crippen molar-refractivity contribution >= 4 is 113 Å². The number of likely N-dealkylation sites (tertiary alicyclic amines) is 1. The van der Waals surface area contributed by atoms with Crippen LogP contribution >= 0.6 is 11.8 Å². The third-order valence-electron chi connectivity index (χ3n) is 12.3. The molecule has 2 unspecified atom stereocenters. The number of unbranched alkanes of at least 4 members (excludes halogenated alkanes) is 2. The zero-order valence-electron chi connectivity index (χ0n) is 46.5. The topological polar surface area (TPSA) is 560 Å². The summed E-state index contributed by atoms with van der Waals surface area (Å²) in [6.07, 6.45) is -2.86. The second-order valence-corrected chi connectivity index (χ2v) is 20.8. The maximum Gasteiger partial charge on any atom is 0.327 e. The summed E-state index contributed by atoms with van der Waals surface area (Å²) in [7, 11) is 0. The lowest BCUT2D eigenvalue weighted by Crippen LogP contribution is -2.59. The van der Waals surface area contributed by atoms with Crippen molar-refractivity contribution in [2.75, 3.05) is 30.7 Å². The number of ether oxygens (including phenoxy) is 1. The van der Waals surface area contributed by atoms with Crippen LogP contribution in [0.15, 0.2) is 24.3 Å². The van der Waals surface area contributed by atoms with Gasteiger partial charge in [-0.05, 0) is 62.1 Å². The van der Waals surface area contributed by atoms with Gasteiger partial charge in [-0.1, -0.05) is 32.4 Å². The maximum absolute atomic E-state index is 13.6. The monoisotopic (exact) mass is 1220 g/mol. The molecule has 1 heterocycles. The first-order chi connectivity index (χ1) is 40.0. The molecule has 0 aliphatic carbocycles. The number of primary amides is 1. The van der Waals surface area contributed by atoms with Gasteiger partial charge < -0.3 is 90.2 Å². The zero-order valence-corrected chi connectivity index (χ0v) is 47.3. The van der Waals surface area contributed by atoms with E-state index in [0.717, 1.165) is 4.90 Å². The van der Waals surface area contributed by atoms with Gasteiger partial charge in [0.05, 0.1) is 30.6 Å². The van der Waals surface area contributed by atoms with E-state index in [4.69, 9.17) is 32.5 Å². The first-order valence-electron chi connectivity index (χ1n) is 26.5. The Balaban J connectivity index is 2.04. The molecule has 470 valence electrons. The predicted octanol–water partition coefficient (Wildman–Crippen LogP) is -4.17. The standard InChI is InChI=1S/C50H74N14O20S/c1-25(2)40(46(79)59-29(9-7-16-56-50(54)83)42(75)57-27-13-11-26(12-14-27)22-84-24-65)63-35(66)10-4-3-5-17-64-36(67)21-34(47(64)80)85-23-33(48(81)82)62-45(78)32(20-39(72)73)61-44(77)31(19-38(70)71)60-43(76)30(8-6-15-55-49(52)53)58-41(74)28(51)18-37(68)69/h11-14,24-25,28-34,40H,3-10,15-23,51H2,1-2H3,(H,57,75)(H,58,74)(H,59,79)(H,60,76)(H,61,77)(H,62,78)(H,63,66)(H,68,69)(H,70,71)(H,72,73)(H,81,82)(H4,52,53,55)(H3,54,56,83)/t28-,29-,30-,31-,32-,33-,34?,40?/m0/s1. The number of nitrogens with zero attached hydrogens (tertiary/aromatic N) is 1. The molecule has 1 aromatic carbocycles. The van der Waals surface area contributed by atoms with Gasteiger partial charge in [-0.25, -0.2) is 9.59 Å². The molecule has 2 rings (SSSR count). The van der Waals surface area contributed by atoms with E-state index < -0.39 is 168 Å². The highest BCUT2D eigenvalue weighted by Gasteiger charge is 2.40. The fraction of sp³-hybridized carbons (Fsp3) is 0.560. The molecule has 1 aromatic rings. The Morgan fingerprint density at radius 1 is 0.671 bits per heavy atom. The molecule has 11 amide bonds. The number of imide groups is 1. The number of benzene rings is 1. The molecule has 1 aliphatic heterocycles. The van der Waals surface area contributed by atoms with Crippen LogP contribution in [0, 0.1) is 11.3 Å². The number of urea groups is 1. The first kappa shape index (κ1) is 72.0. The van der Waals surface area contributed by atoms with Gasteiger partial charge in [0.15, 0.2) is 5.96 Å². The summed E-state index contributed by atoms with van der Waals surface area (Å²) in [6, 6.07) is -5.94. The van der Waals surface area contributed by atoms with Crippen LogP contribution in [-0.4, -0.2) is 194 Å². The molecule has 0 radical (unpaired) electrons. The van der Waals surface area contributed by atoms with E-state index >= 15 is 0 Å². The van der Waals surface area contributed by atoms with Crippen molar-refractivity contribution in [1.82, 2.24) is 47.4 Å². The Kier molecular flexibility index (Phi) is 31.4. The molecule has 1 saturated heterocycles. The third-order valence-corrected chi connectivity index (χ3v) is 13.6. The molecule has 0 spiro atoms. The van der Waals surface area contributed by atoms with Gasteiger partial charge in [0.1, 0.15) is 42.9 Å². The third kappa shape index (κ3) is 27.7. The molecule has 1 fully saturated rings. The van der Waals surface area contributed by atoms with E-state index in [2.05, 4.69) is 42.5 Å². The van der Waals surface area contributed by atoms with Crippen LogP contribution in [0.3, 0.4) is 0 Å². The number of nitrogens with two attached hydrogens (primary N) is 3. The van der Waals surface area contributed by atoms with Crippen molar-refractivity contribution < 1.29 is 97.1 Å². The van der Waals surface area contributed by atoms with Crippen molar-refractivity contribution in [3.8, 4) is 0 Å². The fourth-order valence-corrected chi connectivity index (χ4v) is 9.13. The van der Waals surface area contributed by atoms with E-state index in [1.54, 1.807) is 38.1 Å². The average molecular weight is 1220 g/mol. The molecule has 85 heavy (non-hydrogen) atoms. The highest BCUT2D eigenvalue weighted by Crippen LogP contribution is 2.26. The highest BCUT2D eigenvalue weighted by molar-refractivity contribution is 8.00. The van der Waals surface area contributed by atoms with Crippen LogP contribution in [-0.2, 0) is 78.5 Å². The summed E-state index contributed by atoms with van der Waals surface area (Å²) in [5, 5.41) is 65.5. The number of hydrogen-bond donors (Lipinski definition) is 17. The lowest BCUT2D eigenvalue weighted by molar-refractivity contribution is -0.144. The summed E-state index contributed by atoms with van der Waals surface area (Å²) in [5.74, 6) is -16.3. The summed E-state index contributed by atoms with van der Waals surface area (Å²) in [6.45, 7) is 3.65. The zero-order chi connectivity index (χ0) is 63.9. The fourth-order valence-electron chi connectivity index (χ4n) is 7.95. The number of anilines is 1. The minimum atomic E-state index is -2.11. The number of amides is 11. The Hall–Kier alpha value is -9.15. The minimum Gasteiger partial charge on any atom is -0.481 e. The van der Waals surface area contributed by atoms with Crippen molar-refractivity contribution in [3.05, 3.63) is 29.8 Å². The molecule has 20 N–H and O–H groups in total. The smallest absolute Gasteiger partial charge is 0.327 e. The molecule has 0 aromatic heterocycles. The van der Waals surface area contributed by atoms with E-state index in [1.165, 1.54) is 0 Å². The molecule has 1 aliphatic rings. The Morgan fingerprint density at radius 3 is 1.71 bits per heavy atom. The molecule has 8 atom stereocenters. The van der Waals surface area contributed by atoms with Gasteiger partial charge in [0.25, 0.3) is 6.47 Å². The summed E-state index contributed by atoms with van der Waals surface area (Å²) in [4.78, 5) is 189. The summed E-state index contributed by atoms with van der Waals surface area (Å²) < 4.78 is 4.73. The number of rotatable bonds is 41. The lowest BCUT2D eigenvalue weighted by Gasteiger charge is -2.25. The maximum atomic E-state index is 13.6. The van der Waals surface area contributed by atoms with Crippen LogP contribution in [0.25, 0.3) is 0 Å². The van der Waals surface area contributed by atoms with Gasteiger partial charge in [0, 0.05) is 43.9 Å². The number of carbonyl (C=O) groups is 15. The van der Waals surface area contributed by atoms with Crippen LogP contribution in [0.2, 0.25) is 0 Å². The SMILES string of the molecule is CC(C)C(NC(=O)CCCCCN1C(=O)CC(SC[C@H](NC(=O)[C@H](CC(=O)O)NC(=O)[C@H](CC(=O)O)NC(=O)[C@H](CCCNC(=N)N)NC(=O)[C@@H](N)CC(=O)O)C(=O)O)C1=O)C(=O)N[C@@H](CCCNC(N)=O)C(=O)Nc1ccc(COC=O)cc1. The van der Waals surface area contributed by atoms with Crippen LogP contribution < -0.4 is 65.1 Å². The molecule has 0 saturated carbocycles. The number of nitrogens with one attached hydrogen (secondary N) is 10. The van der Waals surface area contributed by atoms with Crippen molar-refractivity contribution in [3.63, 3.8) is 0 Å². The van der Waals surface area contributed by atoms with Gasteiger partial charge >= 0.3 is 29.9 Å². The summed E-state index contributed by atoms with van der Waals surface area (Å²) in [5.41, 5.74) is 17.0. The number of aliphatic carboxylic acids is 4. The first-order valence-corrected chi connectivity index (χ1v) is 27.5. The number of carbonyl (C=O) groups excluding carboxylic acids is 11. The van der Waals surface area contributed by atoms with Gasteiger partial charge in [0.2, 0.25) is 53.2 Å². The minimum absolute atomic E-state index is 0.00605. The van der Waals surface area contributed by atoms with Crippen LogP contribution in [0.5, 0.6) is 0 Å². The Bertz CT molecular complexity index is 2590. The lowest BCUT2D eigenvalue weighted by atomic mass is 10.0. The van der Waals surface area contributed by atoms with E-state index in [0.29, 0.717) is 35.9 Å². The average Bonchev–Trinajstić information content (AvgIpc) is 3.29. The molecule has 0 bridgehead atoms. The van der Waals surface area contributed by atoms with E-state index in [1.807, 2.05) is 5.32 Å². The Morgan fingerprint density at radius 2 is 1.19 bits per heavy atom.